The first kappa shape index (κ1) is 11.4. The Balaban J connectivity index is 2.20. The largest absolute Gasteiger partial charge is 0.380 e. The summed E-state index contributed by atoms with van der Waals surface area (Å²) in [6, 6.07) is 9.74. The van der Waals surface area contributed by atoms with Crippen LogP contribution in [0, 0.1) is 5.82 Å². The minimum Gasteiger partial charge on any atom is -0.380 e. The summed E-state index contributed by atoms with van der Waals surface area (Å²) < 4.78 is 18.6. The van der Waals surface area contributed by atoms with Crippen LogP contribution < -0.4 is 5.73 Å². The molecule has 0 unspecified atom stereocenters. The molecule has 1 aromatic carbocycles. The Hall–Kier alpha value is -2.69. The standard InChI is InChI=1S/C14H10FN3O/c15-11-5-1-3-9(7-11)12-13(19-18-14(12)16)10-4-2-6-17-8-10/h1-8H,(H2,16,18). The molecule has 0 radical (unpaired) electrons. The van der Waals surface area contributed by atoms with Crippen LogP contribution in [0.4, 0.5) is 10.2 Å². The van der Waals surface area contributed by atoms with Gasteiger partial charge in [0.2, 0.25) is 0 Å². The number of halogens is 1. The Bertz CT molecular complexity index is 710. The van der Waals surface area contributed by atoms with Crippen molar-refractivity contribution in [2.24, 2.45) is 0 Å². The topological polar surface area (TPSA) is 64.9 Å². The van der Waals surface area contributed by atoms with Crippen molar-refractivity contribution in [3.63, 3.8) is 0 Å². The molecule has 3 rings (SSSR count). The third kappa shape index (κ3) is 2.06. The van der Waals surface area contributed by atoms with Crippen molar-refractivity contribution in [2.45, 2.75) is 0 Å². The highest BCUT2D eigenvalue weighted by Gasteiger charge is 2.17. The zero-order chi connectivity index (χ0) is 13.2. The van der Waals surface area contributed by atoms with Gasteiger partial charge in [0.1, 0.15) is 5.82 Å². The fourth-order valence-electron chi connectivity index (χ4n) is 1.92. The average molecular weight is 255 g/mol. The second kappa shape index (κ2) is 4.53. The van der Waals surface area contributed by atoms with Crippen LogP contribution in [-0.4, -0.2) is 10.1 Å². The van der Waals surface area contributed by atoms with E-state index >= 15 is 0 Å². The molecule has 0 aliphatic carbocycles. The first-order valence-corrected chi connectivity index (χ1v) is 5.67. The molecule has 0 aliphatic heterocycles. The lowest BCUT2D eigenvalue weighted by atomic mass is 10.0. The van der Waals surface area contributed by atoms with E-state index in [4.69, 9.17) is 10.3 Å². The number of anilines is 1. The zero-order valence-electron chi connectivity index (χ0n) is 9.88. The quantitative estimate of drug-likeness (QED) is 0.764. The van der Waals surface area contributed by atoms with E-state index in [1.807, 2.05) is 6.07 Å². The van der Waals surface area contributed by atoms with Crippen molar-refractivity contribution in [2.75, 3.05) is 5.73 Å². The van der Waals surface area contributed by atoms with Crippen molar-refractivity contribution in [3.8, 4) is 22.5 Å². The van der Waals surface area contributed by atoms with Gasteiger partial charge in [0.05, 0.1) is 5.56 Å². The molecule has 0 spiro atoms. The monoisotopic (exact) mass is 255 g/mol. The molecule has 0 atom stereocenters. The Labute approximate surface area is 108 Å². The maximum Gasteiger partial charge on any atom is 0.178 e. The molecule has 0 aliphatic rings. The SMILES string of the molecule is Nc1noc(-c2cccnc2)c1-c1cccc(F)c1. The van der Waals surface area contributed by atoms with Crippen molar-refractivity contribution >= 4 is 5.82 Å². The molecule has 2 heterocycles. The minimum atomic E-state index is -0.338. The van der Waals surface area contributed by atoms with Gasteiger partial charge < -0.3 is 10.3 Å². The molecule has 19 heavy (non-hydrogen) atoms. The van der Waals surface area contributed by atoms with Crippen molar-refractivity contribution in [1.29, 1.82) is 0 Å². The Kier molecular flexibility index (Phi) is 2.72. The highest BCUT2D eigenvalue weighted by atomic mass is 19.1. The fraction of sp³-hybridized carbons (Fsp3) is 0. The lowest BCUT2D eigenvalue weighted by molar-refractivity contribution is 0.436. The second-order valence-corrected chi connectivity index (χ2v) is 4.02. The van der Waals surface area contributed by atoms with Crippen molar-refractivity contribution < 1.29 is 8.91 Å². The van der Waals surface area contributed by atoms with Crippen LogP contribution in [0.5, 0.6) is 0 Å². The number of nitrogen functional groups attached to an aromatic ring is 1. The first-order chi connectivity index (χ1) is 9.25. The molecule has 3 aromatic rings. The van der Waals surface area contributed by atoms with Gasteiger partial charge >= 0.3 is 0 Å². The molecule has 4 nitrogen and oxygen atoms in total. The summed E-state index contributed by atoms with van der Waals surface area (Å²) in [5.74, 6) is 0.371. The molecular weight excluding hydrogens is 245 g/mol. The van der Waals surface area contributed by atoms with E-state index in [9.17, 15) is 4.39 Å². The molecule has 5 heteroatoms. The van der Waals surface area contributed by atoms with Gasteiger partial charge in [-0.05, 0) is 29.8 Å². The summed E-state index contributed by atoms with van der Waals surface area (Å²) in [4.78, 5) is 4.02. The highest BCUT2D eigenvalue weighted by Crippen LogP contribution is 2.36. The number of nitrogens with two attached hydrogens (primary N) is 1. The Morgan fingerprint density at radius 2 is 1.95 bits per heavy atom. The van der Waals surface area contributed by atoms with Gasteiger partial charge in [-0.15, -0.1) is 0 Å². The number of hydrogen-bond acceptors (Lipinski definition) is 4. The minimum absolute atomic E-state index is 0.226. The van der Waals surface area contributed by atoms with Gasteiger partial charge in [-0.3, -0.25) is 4.98 Å². The summed E-state index contributed by atoms with van der Waals surface area (Å²) >= 11 is 0. The summed E-state index contributed by atoms with van der Waals surface area (Å²) in [7, 11) is 0. The van der Waals surface area contributed by atoms with Gasteiger partial charge in [0.15, 0.2) is 11.6 Å². The number of hydrogen-bond donors (Lipinski definition) is 1. The van der Waals surface area contributed by atoms with Crippen LogP contribution in [-0.2, 0) is 0 Å². The molecule has 0 saturated heterocycles. The maximum absolute atomic E-state index is 13.3. The molecule has 0 amide bonds. The molecule has 2 aromatic heterocycles. The van der Waals surface area contributed by atoms with E-state index in [0.29, 0.717) is 16.9 Å². The van der Waals surface area contributed by atoms with Crippen molar-refractivity contribution in [3.05, 3.63) is 54.6 Å². The normalized spacial score (nSPS) is 10.6. The molecule has 2 N–H and O–H groups in total. The molecular formula is C14H10FN3O. The highest BCUT2D eigenvalue weighted by molar-refractivity contribution is 5.86. The van der Waals surface area contributed by atoms with E-state index in [1.165, 1.54) is 12.1 Å². The summed E-state index contributed by atoms with van der Waals surface area (Å²) in [6.45, 7) is 0. The van der Waals surface area contributed by atoms with Crippen LogP contribution in [0.25, 0.3) is 22.5 Å². The third-order valence-electron chi connectivity index (χ3n) is 2.76. The lowest BCUT2D eigenvalue weighted by Crippen LogP contribution is -1.89. The molecule has 94 valence electrons. The number of pyridine rings is 1. The van der Waals surface area contributed by atoms with Gasteiger partial charge in [-0.2, -0.15) is 0 Å². The van der Waals surface area contributed by atoms with Gasteiger partial charge in [0, 0.05) is 18.0 Å². The number of nitrogens with zero attached hydrogens (tertiary/aromatic N) is 2. The first-order valence-electron chi connectivity index (χ1n) is 5.67. The number of benzene rings is 1. The van der Waals surface area contributed by atoms with Crippen LogP contribution in [0.3, 0.4) is 0 Å². The predicted octanol–water partition coefficient (Wildman–Crippen LogP) is 3.12. The Morgan fingerprint density at radius 3 is 2.68 bits per heavy atom. The maximum atomic E-state index is 13.3. The van der Waals surface area contributed by atoms with Gasteiger partial charge in [-0.25, -0.2) is 4.39 Å². The summed E-state index contributed by atoms with van der Waals surface area (Å²) in [5.41, 5.74) is 7.75. The lowest BCUT2D eigenvalue weighted by Gasteiger charge is -2.02. The van der Waals surface area contributed by atoms with E-state index in [-0.39, 0.29) is 11.6 Å². The predicted molar refractivity (Wildman–Crippen MR) is 69.5 cm³/mol. The fourth-order valence-corrected chi connectivity index (χ4v) is 1.92. The summed E-state index contributed by atoms with van der Waals surface area (Å²) in [6.07, 6.45) is 3.30. The second-order valence-electron chi connectivity index (χ2n) is 4.02. The van der Waals surface area contributed by atoms with E-state index in [2.05, 4.69) is 10.1 Å². The van der Waals surface area contributed by atoms with Crippen LogP contribution >= 0.6 is 0 Å². The molecule has 0 bridgehead atoms. The van der Waals surface area contributed by atoms with Gasteiger partial charge in [0.25, 0.3) is 0 Å². The van der Waals surface area contributed by atoms with Crippen LogP contribution in [0.2, 0.25) is 0 Å². The van der Waals surface area contributed by atoms with Gasteiger partial charge in [-0.1, -0.05) is 17.3 Å². The summed E-state index contributed by atoms with van der Waals surface area (Å²) in [5, 5.41) is 3.75. The zero-order valence-corrected chi connectivity index (χ0v) is 9.88. The van der Waals surface area contributed by atoms with E-state index in [1.54, 1.807) is 30.6 Å². The van der Waals surface area contributed by atoms with E-state index < -0.39 is 0 Å². The number of aromatic nitrogens is 2. The van der Waals surface area contributed by atoms with Crippen LogP contribution in [0.15, 0.2) is 53.3 Å². The molecule has 0 fully saturated rings. The smallest absolute Gasteiger partial charge is 0.178 e. The van der Waals surface area contributed by atoms with Crippen LogP contribution in [0.1, 0.15) is 0 Å². The average Bonchev–Trinajstić information content (AvgIpc) is 2.82. The Morgan fingerprint density at radius 1 is 1.11 bits per heavy atom. The van der Waals surface area contributed by atoms with Crippen molar-refractivity contribution in [1.82, 2.24) is 10.1 Å². The van der Waals surface area contributed by atoms with E-state index in [0.717, 1.165) is 5.56 Å². The third-order valence-corrected chi connectivity index (χ3v) is 2.76. The number of rotatable bonds is 2. The molecule has 0 saturated carbocycles.